The predicted molar refractivity (Wildman–Crippen MR) is 42.4 cm³/mol. The summed E-state index contributed by atoms with van der Waals surface area (Å²) in [4.78, 5) is 0. The van der Waals surface area contributed by atoms with Crippen molar-refractivity contribution >= 4 is 21.6 Å². The van der Waals surface area contributed by atoms with Crippen molar-refractivity contribution in [3.8, 4) is 6.07 Å². The van der Waals surface area contributed by atoms with Gasteiger partial charge in [0.2, 0.25) is 10.0 Å². The monoisotopic (exact) mass is 196 g/mol. The van der Waals surface area contributed by atoms with Crippen LogP contribution >= 0.6 is 11.6 Å². The highest BCUT2D eigenvalue weighted by Crippen LogP contribution is 1.92. The van der Waals surface area contributed by atoms with Gasteiger partial charge in [-0.05, 0) is 6.92 Å². The first kappa shape index (κ1) is 10.7. The highest BCUT2D eigenvalue weighted by molar-refractivity contribution is 7.90. The quantitative estimate of drug-likeness (QED) is 0.656. The highest BCUT2D eigenvalue weighted by atomic mass is 35.5. The second-order valence-corrected chi connectivity index (χ2v) is 4.49. The van der Waals surface area contributed by atoms with Gasteiger partial charge in [-0.1, -0.05) is 0 Å². The van der Waals surface area contributed by atoms with E-state index in [0.29, 0.717) is 0 Å². The van der Waals surface area contributed by atoms with Gasteiger partial charge in [0, 0.05) is 6.54 Å². The largest absolute Gasteiger partial charge is 0.225 e. The van der Waals surface area contributed by atoms with Crippen LogP contribution in [0.25, 0.3) is 0 Å². The Balaban J connectivity index is 3.83. The maximum Gasteiger partial charge on any atom is 0.225 e. The molecule has 0 saturated carbocycles. The molecule has 0 rings (SSSR count). The number of nitrogens with one attached hydrogen (secondary N) is 1. The molecule has 11 heavy (non-hydrogen) atoms. The van der Waals surface area contributed by atoms with Gasteiger partial charge < -0.3 is 0 Å². The van der Waals surface area contributed by atoms with Crippen molar-refractivity contribution in [2.45, 2.75) is 6.92 Å². The van der Waals surface area contributed by atoms with Crippen LogP contribution < -0.4 is 4.72 Å². The molecule has 1 N–H and O–H groups in total. The molecule has 0 aromatic carbocycles. The van der Waals surface area contributed by atoms with Crippen molar-refractivity contribution in [3.05, 3.63) is 0 Å². The van der Waals surface area contributed by atoms with Gasteiger partial charge in [0.1, 0.15) is 5.21 Å². The average molecular weight is 197 g/mol. The highest BCUT2D eigenvalue weighted by Gasteiger charge is 2.08. The van der Waals surface area contributed by atoms with Gasteiger partial charge in [0.25, 0.3) is 0 Å². The average Bonchev–Trinajstić information content (AvgIpc) is 2.00. The lowest BCUT2D eigenvalue weighted by atomic mass is 10.2. The van der Waals surface area contributed by atoms with E-state index in [1.54, 1.807) is 6.92 Å². The standard InChI is InChI=1S/C5H9ClN2O2S/c1-5(2-7)3-8-11(9,10)4-6/h5,8H,3-4H2,1H3. The first-order chi connectivity index (χ1) is 5.02. The molecule has 6 heteroatoms. The van der Waals surface area contributed by atoms with E-state index in [0.717, 1.165) is 0 Å². The van der Waals surface area contributed by atoms with Crippen LogP contribution in [0.15, 0.2) is 0 Å². The summed E-state index contributed by atoms with van der Waals surface area (Å²) in [5.41, 5.74) is 0. The van der Waals surface area contributed by atoms with Crippen LogP contribution in [0.4, 0.5) is 0 Å². The summed E-state index contributed by atoms with van der Waals surface area (Å²) >= 11 is 5.09. The fourth-order valence-electron chi connectivity index (χ4n) is 0.336. The Morgan fingerprint density at radius 3 is 2.64 bits per heavy atom. The molecule has 1 unspecified atom stereocenters. The van der Waals surface area contributed by atoms with Gasteiger partial charge in [-0.15, -0.1) is 11.6 Å². The Morgan fingerprint density at radius 2 is 2.27 bits per heavy atom. The number of hydrogen-bond acceptors (Lipinski definition) is 3. The number of hydrogen-bond donors (Lipinski definition) is 1. The maximum absolute atomic E-state index is 10.7. The SMILES string of the molecule is CC(C#N)CNS(=O)(=O)CCl. The number of nitriles is 1. The molecule has 0 radical (unpaired) electrons. The summed E-state index contributed by atoms with van der Waals surface area (Å²) in [6.45, 7) is 1.74. The minimum atomic E-state index is -3.36. The molecule has 0 spiro atoms. The van der Waals surface area contributed by atoms with Crippen molar-refractivity contribution in [3.63, 3.8) is 0 Å². The number of nitrogens with zero attached hydrogens (tertiary/aromatic N) is 1. The maximum atomic E-state index is 10.7. The molecule has 1 atom stereocenters. The minimum Gasteiger partial charge on any atom is -0.213 e. The van der Waals surface area contributed by atoms with Gasteiger partial charge in [-0.3, -0.25) is 0 Å². The normalized spacial score (nSPS) is 13.9. The van der Waals surface area contributed by atoms with Gasteiger partial charge in [0.05, 0.1) is 12.0 Å². The molecule has 0 amide bonds. The second-order valence-electron chi connectivity index (χ2n) is 2.10. The molecule has 0 fully saturated rings. The zero-order valence-corrected chi connectivity index (χ0v) is 7.61. The summed E-state index contributed by atoms with van der Waals surface area (Å²) in [5, 5.41) is 7.82. The Labute approximate surface area is 71.2 Å². The number of halogens is 1. The van der Waals surface area contributed by atoms with E-state index in [2.05, 4.69) is 4.72 Å². The van der Waals surface area contributed by atoms with Crippen LogP contribution in [0, 0.1) is 17.2 Å². The topological polar surface area (TPSA) is 70.0 Å². The summed E-state index contributed by atoms with van der Waals surface area (Å²) in [6.07, 6.45) is 0. The molecule has 0 aliphatic carbocycles. The van der Waals surface area contributed by atoms with Crippen molar-refractivity contribution < 1.29 is 8.42 Å². The van der Waals surface area contributed by atoms with E-state index >= 15 is 0 Å². The van der Waals surface area contributed by atoms with E-state index in [1.807, 2.05) is 6.07 Å². The van der Waals surface area contributed by atoms with Crippen LogP contribution in [0.2, 0.25) is 0 Å². The van der Waals surface area contributed by atoms with Crippen LogP contribution in [-0.4, -0.2) is 20.2 Å². The molecule has 4 nitrogen and oxygen atoms in total. The number of alkyl halides is 1. The molecule has 0 aromatic heterocycles. The number of sulfonamides is 1. The Bertz CT molecular complexity index is 244. The fraction of sp³-hybridized carbons (Fsp3) is 0.800. The van der Waals surface area contributed by atoms with E-state index in [-0.39, 0.29) is 12.5 Å². The molecule has 0 heterocycles. The van der Waals surface area contributed by atoms with Crippen molar-refractivity contribution in [1.82, 2.24) is 4.72 Å². The molecule has 0 aromatic rings. The van der Waals surface area contributed by atoms with Crippen LogP contribution in [0.1, 0.15) is 6.92 Å². The number of rotatable bonds is 4. The molecule has 0 bridgehead atoms. The Hall–Kier alpha value is -0.310. The third-order valence-electron chi connectivity index (χ3n) is 0.973. The van der Waals surface area contributed by atoms with Gasteiger partial charge in [-0.2, -0.15) is 5.26 Å². The zero-order valence-electron chi connectivity index (χ0n) is 6.04. The van der Waals surface area contributed by atoms with Gasteiger partial charge in [-0.25, -0.2) is 13.1 Å². The third kappa shape index (κ3) is 5.01. The first-order valence-corrected chi connectivity index (χ1v) is 5.13. The van der Waals surface area contributed by atoms with Crippen LogP contribution in [0.5, 0.6) is 0 Å². The fourth-order valence-corrected chi connectivity index (χ4v) is 1.15. The molecular weight excluding hydrogens is 188 g/mol. The third-order valence-corrected chi connectivity index (χ3v) is 2.73. The van der Waals surface area contributed by atoms with E-state index in [4.69, 9.17) is 16.9 Å². The summed E-state index contributed by atoms with van der Waals surface area (Å²) in [6, 6.07) is 1.89. The van der Waals surface area contributed by atoms with Gasteiger partial charge >= 0.3 is 0 Å². The summed E-state index contributed by atoms with van der Waals surface area (Å²) < 4.78 is 23.5. The Kier molecular flexibility index (Phi) is 4.42. The van der Waals surface area contributed by atoms with Crippen molar-refractivity contribution in [1.29, 1.82) is 5.26 Å². The minimum absolute atomic E-state index is 0.117. The molecule has 64 valence electrons. The molecular formula is C5H9ClN2O2S. The Morgan fingerprint density at radius 1 is 1.73 bits per heavy atom. The van der Waals surface area contributed by atoms with Crippen molar-refractivity contribution in [2.24, 2.45) is 5.92 Å². The lowest BCUT2D eigenvalue weighted by molar-refractivity contribution is 0.577. The first-order valence-electron chi connectivity index (χ1n) is 2.94. The zero-order chi connectivity index (χ0) is 8.91. The summed E-state index contributed by atoms with van der Waals surface area (Å²) in [5.74, 6) is -0.326. The van der Waals surface area contributed by atoms with E-state index in [1.165, 1.54) is 0 Å². The molecule has 0 saturated heterocycles. The van der Waals surface area contributed by atoms with E-state index < -0.39 is 15.2 Å². The van der Waals surface area contributed by atoms with Gasteiger partial charge in [0.15, 0.2) is 0 Å². The molecule has 0 aliphatic rings. The lowest BCUT2D eigenvalue weighted by Crippen LogP contribution is -2.28. The predicted octanol–water partition coefficient (Wildman–Crippen LogP) is 0.262. The molecule has 0 aliphatic heterocycles. The summed E-state index contributed by atoms with van der Waals surface area (Å²) in [7, 11) is -3.36. The van der Waals surface area contributed by atoms with Crippen molar-refractivity contribution in [2.75, 3.05) is 11.8 Å². The smallest absolute Gasteiger partial charge is 0.213 e. The second kappa shape index (κ2) is 4.54. The van der Waals surface area contributed by atoms with Crippen LogP contribution in [-0.2, 0) is 10.0 Å². The van der Waals surface area contributed by atoms with Crippen LogP contribution in [0.3, 0.4) is 0 Å². The lowest BCUT2D eigenvalue weighted by Gasteiger charge is -2.03. The van der Waals surface area contributed by atoms with E-state index in [9.17, 15) is 8.42 Å².